The summed E-state index contributed by atoms with van der Waals surface area (Å²) in [6.07, 6.45) is 2.59. The average molecular weight is 426 g/mol. The lowest BCUT2D eigenvalue weighted by atomic mass is 9.82. The Labute approximate surface area is 177 Å². The SMILES string of the molecule is O=C1CC(C(=O)N2C[C@H]3C[C@H](C2)c2ccc([N+](=O)[O-])c(=O)n2C3)CN1Cc1ccco1. The molecule has 3 aliphatic rings. The minimum Gasteiger partial charge on any atom is -0.467 e. The Morgan fingerprint density at radius 1 is 1.16 bits per heavy atom. The summed E-state index contributed by atoms with van der Waals surface area (Å²) in [6.45, 7) is 2.04. The van der Waals surface area contributed by atoms with Crippen LogP contribution in [0.3, 0.4) is 0 Å². The number of carbonyl (C=O) groups excluding carboxylic acids is 2. The molecule has 0 spiro atoms. The number of carbonyl (C=O) groups is 2. The van der Waals surface area contributed by atoms with Crippen LogP contribution in [0, 0.1) is 22.0 Å². The third-order valence-corrected chi connectivity index (χ3v) is 6.58. The van der Waals surface area contributed by atoms with Crippen LogP contribution in [-0.4, -0.2) is 50.7 Å². The molecule has 5 rings (SSSR count). The summed E-state index contributed by atoms with van der Waals surface area (Å²) < 4.78 is 6.82. The van der Waals surface area contributed by atoms with Crippen molar-refractivity contribution in [3.05, 3.63) is 62.5 Å². The van der Waals surface area contributed by atoms with Gasteiger partial charge in [0, 0.05) is 50.3 Å². The molecular weight excluding hydrogens is 404 g/mol. The molecule has 3 aliphatic heterocycles. The molecule has 3 atom stereocenters. The van der Waals surface area contributed by atoms with Crippen molar-refractivity contribution in [2.45, 2.75) is 31.8 Å². The molecule has 1 unspecified atom stereocenters. The van der Waals surface area contributed by atoms with Gasteiger partial charge in [0.05, 0.1) is 23.6 Å². The highest BCUT2D eigenvalue weighted by atomic mass is 16.6. The van der Waals surface area contributed by atoms with E-state index in [2.05, 4.69) is 0 Å². The lowest BCUT2D eigenvalue weighted by Gasteiger charge is -2.43. The molecular formula is C21H22N4O6. The molecule has 2 amide bonds. The van der Waals surface area contributed by atoms with Gasteiger partial charge in [-0.15, -0.1) is 0 Å². The molecule has 0 saturated carbocycles. The van der Waals surface area contributed by atoms with E-state index in [0.29, 0.717) is 38.5 Å². The number of nitrogens with zero attached hydrogens (tertiary/aromatic N) is 4. The van der Waals surface area contributed by atoms with Crippen LogP contribution >= 0.6 is 0 Å². The van der Waals surface area contributed by atoms with Gasteiger partial charge in [0.1, 0.15) is 5.76 Å². The van der Waals surface area contributed by atoms with Crippen LogP contribution < -0.4 is 5.56 Å². The van der Waals surface area contributed by atoms with Gasteiger partial charge in [-0.3, -0.25) is 24.5 Å². The lowest BCUT2D eigenvalue weighted by molar-refractivity contribution is -0.386. The summed E-state index contributed by atoms with van der Waals surface area (Å²) in [5.74, 6) is 0.219. The highest BCUT2D eigenvalue weighted by Gasteiger charge is 2.42. The van der Waals surface area contributed by atoms with Crippen LogP contribution in [0.1, 0.15) is 30.2 Å². The van der Waals surface area contributed by atoms with E-state index in [9.17, 15) is 24.5 Å². The molecule has 31 heavy (non-hydrogen) atoms. The Bertz CT molecular complexity index is 1110. The summed E-state index contributed by atoms with van der Waals surface area (Å²) in [5.41, 5.74) is -0.254. The maximum Gasteiger partial charge on any atom is 0.334 e. The van der Waals surface area contributed by atoms with Crippen molar-refractivity contribution in [2.24, 2.45) is 11.8 Å². The molecule has 2 bridgehead atoms. The van der Waals surface area contributed by atoms with Crippen molar-refractivity contribution in [3.8, 4) is 0 Å². The van der Waals surface area contributed by atoms with Gasteiger partial charge in [0.25, 0.3) is 0 Å². The fourth-order valence-corrected chi connectivity index (χ4v) is 5.19. The Kier molecular flexibility index (Phi) is 4.64. The molecule has 10 nitrogen and oxygen atoms in total. The number of piperidine rings is 1. The highest BCUT2D eigenvalue weighted by Crippen LogP contribution is 2.36. The quantitative estimate of drug-likeness (QED) is 0.538. The summed E-state index contributed by atoms with van der Waals surface area (Å²) in [5, 5.41) is 11.1. The highest BCUT2D eigenvalue weighted by molar-refractivity contribution is 5.89. The number of likely N-dealkylation sites (tertiary alicyclic amines) is 2. The molecule has 2 saturated heterocycles. The molecule has 2 aromatic rings. The van der Waals surface area contributed by atoms with Gasteiger partial charge in [-0.2, -0.15) is 0 Å². The second kappa shape index (κ2) is 7.36. The number of pyridine rings is 1. The van der Waals surface area contributed by atoms with Crippen LogP contribution in [0.5, 0.6) is 0 Å². The number of hydrogen-bond donors (Lipinski definition) is 0. The standard InChI is InChI=1S/C21H22N4O6/c26-19-7-15(11-22(19)12-16-2-1-5-31-16)20(27)23-8-13-6-14(10-23)17-3-4-18(25(29)30)21(28)24(17)9-13/h1-5,13-15H,6-12H2/t13-,14-,15?/m1/s1. The van der Waals surface area contributed by atoms with Gasteiger partial charge in [-0.1, -0.05) is 0 Å². The molecule has 162 valence electrons. The van der Waals surface area contributed by atoms with Crippen molar-refractivity contribution in [1.29, 1.82) is 0 Å². The Balaban J connectivity index is 1.31. The monoisotopic (exact) mass is 426 g/mol. The van der Waals surface area contributed by atoms with E-state index in [1.165, 1.54) is 10.6 Å². The summed E-state index contributed by atoms with van der Waals surface area (Å²) in [6, 6.07) is 6.47. The number of furan rings is 1. The van der Waals surface area contributed by atoms with Crippen LogP contribution in [-0.2, 0) is 22.7 Å². The van der Waals surface area contributed by atoms with E-state index in [0.717, 1.165) is 12.1 Å². The van der Waals surface area contributed by atoms with E-state index < -0.39 is 16.2 Å². The summed E-state index contributed by atoms with van der Waals surface area (Å²) in [7, 11) is 0. The first kappa shape index (κ1) is 19.5. The minimum absolute atomic E-state index is 0.0392. The molecule has 0 aromatic carbocycles. The van der Waals surface area contributed by atoms with Crippen molar-refractivity contribution in [1.82, 2.24) is 14.4 Å². The number of aromatic nitrogens is 1. The van der Waals surface area contributed by atoms with E-state index in [1.54, 1.807) is 29.4 Å². The van der Waals surface area contributed by atoms with Crippen molar-refractivity contribution in [3.63, 3.8) is 0 Å². The van der Waals surface area contributed by atoms with Gasteiger partial charge < -0.3 is 18.8 Å². The maximum absolute atomic E-state index is 13.2. The van der Waals surface area contributed by atoms with Crippen molar-refractivity contribution >= 4 is 17.5 Å². The zero-order chi connectivity index (χ0) is 21.7. The summed E-state index contributed by atoms with van der Waals surface area (Å²) >= 11 is 0. The second-order valence-corrected chi connectivity index (χ2v) is 8.61. The Hall–Kier alpha value is -3.43. The number of amides is 2. The van der Waals surface area contributed by atoms with Crippen LogP contribution in [0.2, 0.25) is 0 Å². The zero-order valence-corrected chi connectivity index (χ0v) is 16.8. The van der Waals surface area contributed by atoms with Gasteiger partial charge in [-0.25, -0.2) is 0 Å². The maximum atomic E-state index is 13.2. The molecule has 0 aliphatic carbocycles. The Morgan fingerprint density at radius 3 is 2.74 bits per heavy atom. The first-order chi connectivity index (χ1) is 14.9. The molecule has 2 fully saturated rings. The number of fused-ring (bicyclic) bond motifs is 4. The van der Waals surface area contributed by atoms with Crippen LogP contribution in [0.25, 0.3) is 0 Å². The third kappa shape index (κ3) is 3.41. The first-order valence-corrected chi connectivity index (χ1v) is 10.4. The number of hydrogen-bond acceptors (Lipinski definition) is 6. The number of rotatable bonds is 4. The predicted molar refractivity (Wildman–Crippen MR) is 107 cm³/mol. The fraction of sp³-hybridized carbons (Fsp3) is 0.476. The average Bonchev–Trinajstić information content (AvgIpc) is 3.38. The normalized spacial score (nSPS) is 24.9. The Morgan fingerprint density at radius 2 is 2.00 bits per heavy atom. The van der Waals surface area contributed by atoms with Gasteiger partial charge >= 0.3 is 11.2 Å². The van der Waals surface area contributed by atoms with Gasteiger partial charge in [0.2, 0.25) is 11.8 Å². The van der Waals surface area contributed by atoms with Gasteiger partial charge in [-0.05, 0) is 30.5 Å². The molecule has 2 aromatic heterocycles. The molecule has 10 heteroatoms. The topological polar surface area (TPSA) is 119 Å². The van der Waals surface area contributed by atoms with E-state index in [-0.39, 0.29) is 36.0 Å². The van der Waals surface area contributed by atoms with Crippen LogP contribution in [0.4, 0.5) is 5.69 Å². The largest absolute Gasteiger partial charge is 0.467 e. The van der Waals surface area contributed by atoms with Crippen LogP contribution in [0.15, 0.2) is 39.7 Å². The number of nitro groups is 1. The van der Waals surface area contributed by atoms with E-state index >= 15 is 0 Å². The first-order valence-electron chi connectivity index (χ1n) is 10.4. The van der Waals surface area contributed by atoms with Crippen molar-refractivity contribution in [2.75, 3.05) is 19.6 Å². The summed E-state index contributed by atoms with van der Waals surface area (Å²) in [4.78, 5) is 52.0. The minimum atomic E-state index is -0.651. The smallest absolute Gasteiger partial charge is 0.334 e. The molecule has 5 heterocycles. The second-order valence-electron chi connectivity index (χ2n) is 8.61. The van der Waals surface area contributed by atoms with Crippen molar-refractivity contribution < 1.29 is 18.9 Å². The van der Waals surface area contributed by atoms with E-state index in [4.69, 9.17) is 4.42 Å². The fourth-order valence-electron chi connectivity index (χ4n) is 5.19. The third-order valence-electron chi connectivity index (χ3n) is 6.58. The predicted octanol–water partition coefficient (Wildman–Crippen LogP) is 1.34. The van der Waals surface area contributed by atoms with E-state index in [1.807, 2.05) is 4.90 Å². The lowest BCUT2D eigenvalue weighted by Crippen LogP contribution is -2.51. The van der Waals surface area contributed by atoms with Gasteiger partial charge in [0.15, 0.2) is 0 Å². The molecule has 0 N–H and O–H groups in total. The zero-order valence-electron chi connectivity index (χ0n) is 16.8. The molecule has 0 radical (unpaired) electrons.